The Morgan fingerprint density at radius 2 is 1.48 bits per heavy atom. The minimum Gasteiger partial charge on any atom is -0.506 e. The summed E-state index contributed by atoms with van der Waals surface area (Å²) in [6.45, 7) is 0. The lowest BCUT2D eigenvalue weighted by atomic mass is 9.81. The first-order chi connectivity index (χ1) is 16.1. The van der Waals surface area contributed by atoms with E-state index in [-0.39, 0.29) is 22.8 Å². The summed E-state index contributed by atoms with van der Waals surface area (Å²) in [4.78, 5) is 11.9. The van der Waals surface area contributed by atoms with Crippen LogP contribution < -0.4 is 15.8 Å². The predicted octanol–water partition coefficient (Wildman–Crippen LogP) is 6.06. The summed E-state index contributed by atoms with van der Waals surface area (Å²) in [6.07, 6.45) is 0. The van der Waals surface area contributed by atoms with Crippen LogP contribution in [0, 0.1) is 4.91 Å². The number of aliphatic hydroxyl groups excluding tert-OH is 2. The Labute approximate surface area is 189 Å². The van der Waals surface area contributed by atoms with Crippen LogP contribution in [0.15, 0.2) is 77.4 Å². The number of rotatable bonds is 4. The molecule has 0 bridgehead atoms. The molecule has 33 heavy (non-hydrogen) atoms. The Hall–Kier alpha value is -4.46. The van der Waals surface area contributed by atoms with Gasteiger partial charge in [0.2, 0.25) is 0 Å². The van der Waals surface area contributed by atoms with E-state index in [0.29, 0.717) is 22.1 Å². The van der Waals surface area contributed by atoms with Gasteiger partial charge in [0.15, 0.2) is 0 Å². The summed E-state index contributed by atoms with van der Waals surface area (Å²) >= 11 is 0. The van der Waals surface area contributed by atoms with Crippen molar-refractivity contribution in [2.45, 2.75) is 0 Å². The van der Waals surface area contributed by atoms with Crippen LogP contribution in [-0.2, 0) is 0 Å². The number of aliphatic hydroxyl groups is 2. The van der Waals surface area contributed by atoms with Crippen molar-refractivity contribution in [1.29, 1.82) is 0 Å². The first-order valence-electron chi connectivity index (χ1n) is 10.5. The van der Waals surface area contributed by atoms with Gasteiger partial charge in [-0.25, -0.2) is 0 Å². The molecule has 1 aliphatic heterocycles. The van der Waals surface area contributed by atoms with Crippen LogP contribution in [0.3, 0.4) is 0 Å². The molecule has 4 aromatic carbocycles. The van der Waals surface area contributed by atoms with Crippen LogP contribution in [0.2, 0.25) is 0 Å². The van der Waals surface area contributed by atoms with Gasteiger partial charge < -0.3 is 26.0 Å². The van der Waals surface area contributed by atoms with E-state index in [2.05, 4.69) is 20.9 Å². The number of nitrogens with zero attached hydrogens (tertiary/aromatic N) is 1. The van der Waals surface area contributed by atoms with E-state index in [1.165, 1.54) is 0 Å². The molecule has 0 saturated carbocycles. The summed E-state index contributed by atoms with van der Waals surface area (Å²) in [6, 6.07) is 18.9. The molecule has 159 valence electrons. The van der Waals surface area contributed by atoms with Crippen molar-refractivity contribution < 1.29 is 10.2 Å². The molecule has 1 aliphatic carbocycles. The molecule has 0 unspecified atom stereocenters. The molecule has 1 radical (unpaired) electrons. The number of nitrogens with one attached hydrogen (secondary N) is 3. The second-order valence-corrected chi connectivity index (χ2v) is 7.98. The van der Waals surface area contributed by atoms with Crippen LogP contribution in [0.4, 0.5) is 22.7 Å². The van der Waals surface area contributed by atoms with Crippen molar-refractivity contribution in [2.24, 2.45) is 5.18 Å². The van der Waals surface area contributed by atoms with Crippen molar-refractivity contribution in [1.82, 2.24) is 0 Å². The molecule has 0 aromatic heterocycles. The molecule has 8 heteroatoms. The molecular formula is C25H18BN4O3. The van der Waals surface area contributed by atoms with Gasteiger partial charge in [0.25, 0.3) is 0 Å². The fourth-order valence-electron chi connectivity index (χ4n) is 4.83. The number of hydrogen-bond acceptors (Lipinski definition) is 7. The van der Waals surface area contributed by atoms with Crippen LogP contribution in [0.1, 0.15) is 11.1 Å². The van der Waals surface area contributed by atoms with E-state index in [9.17, 15) is 15.1 Å². The third-order valence-electron chi connectivity index (χ3n) is 6.35. The number of fused-ring (bicyclic) bond motifs is 1. The SMILES string of the molecule is CNc1cccc2ccc(C3=C(O)C(c4ccc5cccc6c5c4N[B]N6)=C3O)c(N=O)c12. The molecule has 4 aromatic rings. The smallest absolute Gasteiger partial charge is 0.385 e. The molecule has 6 rings (SSSR count). The normalized spacial score (nSPS) is 14.5. The van der Waals surface area contributed by atoms with Gasteiger partial charge in [-0.05, 0) is 28.1 Å². The Morgan fingerprint density at radius 1 is 0.818 bits per heavy atom. The number of hydrogen-bond donors (Lipinski definition) is 5. The third-order valence-corrected chi connectivity index (χ3v) is 6.35. The zero-order valence-electron chi connectivity index (χ0n) is 17.6. The van der Waals surface area contributed by atoms with Crippen molar-refractivity contribution in [3.05, 3.63) is 88.2 Å². The van der Waals surface area contributed by atoms with Gasteiger partial charge >= 0.3 is 7.55 Å². The third kappa shape index (κ3) is 2.58. The van der Waals surface area contributed by atoms with Gasteiger partial charge in [-0.3, -0.25) is 0 Å². The quantitative estimate of drug-likeness (QED) is 0.198. The lowest BCUT2D eigenvalue weighted by Crippen LogP contribution is -2.23. The van der Waals surface area contributed by atoms with Gasteiger partial charge in [-0.15, -0.1) is 4.91 Å². The molecule has 0 atom stereocenters. The van der Waals surface area contributed by atoms with Crippen LogP contribution in [0.25, 0.3) is 32.7 Å². The standard InChI is InChI=1S/C25H18BN4O3/c1-27-16-6-2-4-12-9-11-15(23(30-33)18(12)16)21-24(31)20(25(21)32)14-10-8-13-5-3-7-17-19(13)22(14)29-26-28-17/h2-11,27-29,31-32H,1H3. The average Bonchev–Trinajstić information content (AvgIpc) is 2.85. The van der Waals surface area contributed by atoms with Gasteiger partial charge in [-0.2, -0.15) is 0 Å². The monoisotopic (exact) mass is 433 g/mol. The molecular weight excluding hydrogens is 415 g/mol. The van der Waals surface area contributed by atoms with E-state index < -0.39 is 0 Å². The maximum atomic E-state index is 11.9. The van der Waals surface area contributed by atoms with Gasteiger partial charge in [0.1, 0.15) is 17.2 Å². The summed E-state index contributed by atoms with van der Waals surface area (Å²) < 4.78 is 0. The Morgan fingerprint density at radius 3 is 2.21 bits per heavy atom. The lowest BCUT2D eigenvalue weighted by molar-refractivity contribution is 0.390. The molecule has 2 aliphatic rings. The number of benzene rings is 4. The van der Waals surface area contributed by atoms with Gasteiger partial charge in [-0.1, -0.05) is 48.5 Å². The first kappa shape index (κ1) is 19.2. The minimum absolute atomic E-state index is 0.0768. The molecule has 5 N–H and O–H groups in total. The number of anilines is 3. The van der Waals surface area contributed by atoms with Crippen molar-refractivity contribution in [3.63, 3.8) is 0 Å². The van der Waals surface area contributed by atoms with Gasteiger partial charge in [0.05, 0.1) is 11.1 Å². The topological polar surface area (TPSA) is 106 Å². The summed E-state index contributed by atoms with van der Waals surface area (Å²) in [5.74, 6) is -0.154. The lowest BCUT2D eigenvalue weighted by Gasteiger charge is -2.29. The largest absolute Gasteiger partial charge is 0.506 e. The maximum Gasteiger partial charge on any atom is 0.385 e. The van der Waals surface area contributed by atoms with E-state index in [0.717, 1.165) is 33.2 Å². The van der Waals surface area contributed by atoms with Crippen LogP contribution in [-0.4, -0.2) is 24.8 Å². The van der Waals surface area contributed by atoms with Gasteiger partial charge in [0, 0.05) is 46.0 Å². The zero-order chi connectivity index (χ0) is 22.7. The molecule has 0 saturated heterocycles. The Bertz CT molecular complexity index is 1580. The molecule has 7 nitrogen and oxygen atoms in total. The first-order valence-corrected chi connectivity index (χ1v) is 10.5. The van der Waals surface area contributed by atoms with E-state index >= 15 is 0 Å². The molecule has 0 fully saturated rings. The highest BCUT2D eigenvalue weighted by molar-refractivity contribution is 6.49. The van der Waals surface area contributed by atoms with E-state index in [1.54, 1.807) is 20.7 Å². The highest BCUT2D eigenvalue weighted by Crippen LogP contribution is 2.51. The van der Waals surface area contributed by atoms with Crippen molar-refractivity contribution in [3.8, 4) is 0 Å². The van der Waals surface area contributed by atoms with E-state index in [4.69, 9.17) is 0 Å². The highest BCUT2D eigenvalue weighted by Gasteiger charge is 2.35. The second-order valence-electron chi connectivity index (χ2n) is 7.98. The number of allylic oxidation sites excluding steroid dienone is 2. The molecule has 0 amide bonds. The zero-order valence-corrected chi connectivity index (χ0v) is 17.6. The predicted molar refractivity (Wildman–Crippen MR) is 135 cm³/mol. The molecule has 0 spiro atoms. The Kier molecular flexibility index (Phi) is 4.10. The fourth-order valence-corrected chi connectivity index (χ4v) is 4.83. The van der Waals surface area contributed by atoms with Crippen LogP contribution >= 0.6 is 0 Å². The summed E-state index contributed by atoms with van der Waals surface area (Å²) in [5, 5.41) is 38.4. The van der Waals surface area contributed by atoms with Crippen molar-refractivity contribution in [2.75, 3.05) is 22.8 Å². The fraction of sp³-hybridized carbons (Fsp3) is 0.0400. The Balaban J connectivity index is 1.54. The van der Waals surface area contributed by atoms with Crippen LogP contribution in [0.5, 0.6) is 0 Å². The summed E-state index contributed by atoms with van der Waals surface area (Å²) in [7, 11) is 3.49. The van der Waals surface area contributed by atoms with Crippen molar-refractivity contribution >= 4 is 63.0 Å². The minimum atomic E-state index is -0.0768. The van der Waals surface area contributed by atoms with E-state index in [1.807, 2.05) is 54.6 Å². The summed E-state index contributed by atoms with van der Waals surface area (Å²) in [5.41, 5.74) is 4.24. The highest BCUT2D eigenvalue weighted by atomic mass is 16.3. The average molecular weight is 433 g/mol. The number of nitroso groups, excluding NO2 is 1. The molecule has 1 heterocycles. The second kappa shape index (κ2) is 7.03. The maximum absolute atomic E-state index is 11.9.